The Balaban J connectivity index is 0.00000408. The van der Waals surface area contributed by atoms with Crippen molar-refractivity contribution in [3.63, 3.8) is 0 Å². The van der Waals surface area contributed by atoms with Crippen molar-refractivity contribution in [1.29, 1.82) is 0 Å². The van der Waals surface area contributed by atoms with Crippen LogP contribution in [0.2, 0.25) is 0 Å². The maximum Gasteiger partial charge on any atom is 0.416 e. The summed E-state index contributed by atoms with van der Waals surface area (Å²) in [7, 11) is 3.00. The third kappa shape index (κ3) is 6.42. The van der Waals surface area contributed by atoms with Crippen LogP contribution in [0.25, 0.3) is 0 Å². The van der Waals surface area contributed by atoms with Gasteiger partial charge in [-0.3, -0.25) is 4.79 Å². The van der Waals surface area contributed by atoms with E-state index in [0.717, 1.165) is 12.1 Å². The average molecular weight is 495 g/mol. The van der Waals surface area contributed by atoms with E-state index in [-0.39, 0.29) is 24.9 Å². The highest BCUT2D eigenvalue weighted by atomic mass is 35.5. The number of hydrogen-bond acceptors (Lipinski definition) is 4. The van der Waals surface area contributed by atoms with Crippen LogP contribution in [-0.2, 0) is 17.4 Å². The second-order valence-corrected chi connectivity index (χ2v) is 7.36. The van der Waals surface area contributed by atoms with E-state index in [1.165, 1.54) is 31.3 Å². The number of amides is 1. The Morgan fingerprint density at radius 3 is 2.12 bits per heavy atom. The zero-order chi connectivity index (χ0) is 24.0. The third-order valence-electron chi connectivity index (χ3n) is 5.27. The van der Waals surface area contributed by atoms with Crippen LogP contribution >= 0.6 is 12.4 Å². The zero-order valence-corrected chi connectivity index (χ0v) is 19.5. The molecule has 0 aliphatic carbocycles. The van der Waals surface area contributed by atoms with Gasteiger partial charge in [0, 0.05) is 18.3 Å². The van der Waals surface area contributed by atoms with E-state index in [9.17, 15) is 18.0 Å². The molecule has 3 aromatic carbocycles. The molecule has 182 valence electrons. The number of anilines is 1. The first kappa shape index (κ1) is 27.0. The molecule has 0 aliphatic heterocycles. The molecule has 0 spiro atoms. The van der Waals surface area contributed by atoms with E-state index < -0.39 is 17.8 Å². The molecular formula is C25H26ClF3N2O3. The number of ether oxygens (including phenoxy) is 2. The fourth-order valence-corrected chi connectivity index (χ4v) is 3.43. The molecule has 0 radical (unpaired) electrons. The van der Waals surface area contributed by atoms with E-state index in [1.54, 1.807) is 42.5 Å². The molecule has 0 bridgehead atoms. The molecule has 2 N–H and O–H groups in total. The molecule has 34 heavy (non-hydrogen) atoms. The van der Waals surface area contributed by atoms with Crippen molar-refractivity contribution >= 4 is 24.0 Å². The van der Waals surface area contributed by atoms with Gasteiger partial charge in [0.05, 0.1) is 19.8 Å². The third-order valence-corrected chi connectivity index (χ3v) is 5.27. The molecule has 3 aromatic rings. The van der Waals surface area contributed by atoms with Crippen molar-refractivity contribution in [2.45, 2.75) is 18.6 Å². The minimum atomic E-state index is -4.40. The van der Waals surface area contributed by atoms with Crippen LogP contribution in [0, 0.1) is 0 Å². The first-order chi connectivity index (χ1) is 15.7. The first-order valence-electron chi connectivity index (χ1n) is 10.2. The highest BCUT2D eigenvalue weighted by Gasteiger charge is 2.30. The van der Waals surface area contributed by atoms with Gasteiger partial charge in [0.15, 0.2) is 11.5 Å². The Hall–Kier alpha value is -3.23. The number of carbonyl (C=O) groups is 1. The van der Waals surface area contributed by atoms with Crippen molar-refractivity contribution in [3.8, 4) is 11.5 Å². The lowest BCUT2D eigenvalue weighted by Gasteiger charge is -2.27. The lowest BCUT2D eigenvalue weighted by atomic mass is 10.0. The fraction of sp³-hybridized carbons (Fsp3) is 0.240. The van der Waals surface area contributed by atoms with Crippen molar-refractivity contribution < 1.29 is 27.4 Å². The highest BCUT2D eigenvalue weighted by molar-refractivity contribution is 5.98. The van der Waals surface area contributed by atoms with Gasteiger partial charge in [-0.15, -0.1) is 12.4 Å². The Bertz CT molecular complexity index is 1080. The Kier molecular flexibility index (Phi) is 9.35. The quantitative estimate of drug-likeness (QED) is 0.454. The summed E-state index contributed by atoms with van der Waals surface area (Å²) in [6, 6.07) is 18.0. The van der Waals surface area contributed by atoms with Crippen LogP contribution in [0.3, 0.4) is 0 Å². The van der Waals surface area contributed by atoms with Gasteiger partial charge in [0.2, 0.25) is 5.91 Å². The van der Waals surface area contributed by atoms with E-state index in [0.29, 0.717) is 34.7 Å². The molecule has 0 saturated heterocycles. The van der Waals surface area contributed by atoms with Gasteiger partial charge in [-0.25, -0.2) is 0 Å². The summed E-state index contributed by atoms with van der Waals surface area (Å²) in [5, 5.41) is 0. The number of carbonyl (C=O) groups excluding carboxylic acids is 1. The number of nitrogens with two attached hydrogens (primary N) is 1. The van der Waals surface area contributed by atoms with Crippen molar-refractivity contribution in [3.05, 3.63) is 89.5 Å². The summed E-state index contributed by atoms with van der Waals surface area (Å²) in [5.41, 5.74) is 7.41. The van der Waals surface area contributed by atoms with E-state index in [4.69, 9.17) is 15.2 Å². The van der Waals surface area contributed by atoms with Crippen LogP contribution in [0.4, 0.5) is 18.9 Å². The van der Waals surface area contributed by atoms with Crippen molar-refractivity contribution in [2.24, 2.45) is 5.73 Å². The molecule has 3 rings (SSSR count). The number of rotatable bonds is 8. The lowest BCUT2D eigenvalue weighted by Crippen LogP contribution is -2.40. The van der Waals surface area contributed by atoms with Crippen LogP contribution in [-0.4, -0.2) is 26.7 Å². The molecule has 5 nitrogen and oxygen atoms in total. The minimum Gasteiger partial charge on any atom is -0.493 e. The van der Waals surface area contributed by atoms with E-state index in [1.807, 2.05) is 6.07 Å². The minimum absolute atomic E-state index is 0. The standard InChI is InChI=1S/C25H25F3N2O3.ClH/c1-32-21-13-12-20(16-22(21)33-2)30(24(31)23(29)18-6-4-3-5-7-18)15-14-17-8-10-19(11-9-17)25(26,27)28;/h3-13,16,23H,14-15,29H2,1-2H3;1H/t23-;/m0./s1. The predicted molar refractivity (Wildman–Crippen MR) is 128 cm³/mol. The molecule has 0 aromatic heterocycles. The largest absolute Gasteiger partial charge is 0.493 e. The molecule has 0 heterocycles. The number of hydrogen-bond donors (Lipinski definition) is 1. The summed E-state index contributed by atoms with van der Waals surface area (Å²) in [6.07, 6.45) is -4.07. The number of methoxy groups -OCH3 is 2. The Morgan fingerprint density at radius 2 is 1.56 bits per heavy atom. The molecule has 0 aliphatic rings. The smallest absolute Gasteiger partial charge is 0.416 e. The van der Waals surface area contributed by atoms with Gasteiger partial charge in [-0.2, -0.15) is 13.2 Å². The van der Waals surface area contributed by atoms with Gasteiger partial charge in [-0.05, 0) is 41.8 Å². The molecule has 1 amide bonds. The summed E-state index contributed by atoms with van der Waals surface area (Å²) in [6.45, 7) is 0.209. The Morgan fingerprint density at radius 1 is 0.941 bits per heavy atom. The first-order valence-corrected chi connectivity index (χ1v) is 10.2. The molecule has 0 saturated carbocycles. The fourth-order valence-electron chi connectivity index (χ4n) is 3.43. The van der Waals surface area contributed by atoms with Crippen LogP contribution in [0.1, 0.15) is 22.7 Å². The monoisotopic (exact) mass is 494 g/mol. The second kappa shape index (κ2) is 11.8. The van der Waals surface area contributed by atoms with Crippen LogP contribution in [0.15, 0.2) is 72.8 Å². The zero-order valence-electron chi connectivity index (χ0n) is 18.7. The highest BCUT2D eigenvalue weighted by Crippen LogP contribution is 2.33. The summed E-state index contributed by atoms with van der Waals surface area (Å²) in [4.78, 5) is 14.9. The van der Waals surface area contributed by atoms with Gasteiger partial charge in [0.25, 0.3) is 0 Å². The average Bonchev–Trinajstić information content (AvgIpc) is 2.83. The summed E-state index contributed by atoms with van der Waals surface area (Å²) in [5.74, 6) is 0.597. The molecule has 0 fully saturated rings. The SMILES string of the molecule is COc1ccc(N(CCc2ccc(C(F)(F)F)cc2)C(=O)[C@@H](N)c2ccccc2)cc1OC.Cl. The molecular weight excluding hydrogens is 469 g/mol. The van der Waals surface area contributed by atoms with E-state index >= 15 is 0 Å². The van der Waals surface area contributed by atoms with Crippen molar-refractivity contribution in [2.75, 3.05) is 25.7 Å². The number of nitrogens with zero attached hydrogens (tertiary/aromatic N) is 1. The van der Waals surface area contributed by atoms with Crippen molar-refractivity contribution in [1.82, 2.24) is 0 Å². The molecule has 0 unspecified atom stereocenters. The lowest BCUT2D eigenvalue weighted by molar-refractivity contribution is -0.137. The van der Waals surface area contributed by atoms with E-state index in [2.05, 4.69) is 0 Å². The number of benzene rings is 3. The van der Waals surface area contributed by atoms with Gasteiger partial charge >= 0.3 is 6.18 Å². The second-order valence-electron chi connectivity index (χ2n) is 7.36. The Labute approximate surface area is 202 Å². The van der Waals surface area contributed by atoms with Crippen LogP contribution in [0.5, 0.6) is 11.5 Å². The topological polar surface area (TPSA) is 64.8 Å². The molecule has 9 heteroatoms. The molecule has 1 atom stereocenters. The van der Waals surface area contributed by atoms with Gasteiger partial charge in [0.1, 0.15) is 6.04 Å². The maximum atomic E-state index is 13.4. The maximum absolute atomic E-state index is 13.4. The number of alkyl halides is 3. The predicted octanol–water partition coefficient (Wildman–Crippen LogP) is 5.42. The number of halogens is 4. The normalized spacial score (nSPS) is 11.8. The van der Waals surface area contributed by atoms with Gasteiger partial charge < -0.3 is 20.1 Å². The summed E-state index contributed by atoms with van der Waals surface area (Å²) < 4.78 is 49.2. The van der Waals surface area contributed by atoms with Crippen LogP contribution < -0.4 is 20.1 Å². The summed E-state index contributed by atoms with van der Waals surface area (Å²) >= 11 is 0. The van der Waals surface area contributed by atoms with Gasteiger partial charge in [-0.1, -0.05) is 42.5 Å².